The number of carbonyl (C=O) groups is 4. The average molecular weight is 852 g/mol. The van der Waals surface area contributed by atoms with Gasteiger partial charge in [-0.05, 0) is 82.4 Å². The van der Waals surface area contributed by atoms with E-state index in [1.165, 1.54) is 6.07 Å². The number of thiocarbonyl (C=S) groups is 1. The molecule has 4 heterocycles. The van der Waals surface area contributed by atoms with Crippen LogP contribution in [0, 0.1) is 11.3 Å². The average Bonchev–Trinajstić information content (AvgIpc) is 3.34. The maximum atomic E-state index is 14.3. The number of piperidine rings is 1. The number of imide groups is 1. The molecule has 6 rings (SSSR count). The lowest BCUT2D eigenvalue weighted by molar-refractivity contribution is -0.197. The molecule has 4 amide bonds. The number of nitrogens with one attached hydrogen (secondary N) is 3. The lowest BCUT2D eigenvalue weighted by atomic mass is 9.89. The molecule has 2 atom stereocenters. The van der Waals surface area contributed by atoms with Gasteiger partial charge in [0.1, 0.15) is 23.7 Å². The highest BCUT2D eigenvalue weighted by Gasteiger charge is 2.53. The summed E-state index contributed by atoms with van der Waals surface area (Å²) in [6, 6.07) is 5.74. The van der Waals surface area contributed by atoms with Gasteiger partial charge < -0.3 is 20.3 Å². The van der Waals surface area contributed by atoms with Crippen molar-refractivity contribution in [3.05, 3.63) is 47.8 Å². The number of pyridine rings is 1. The molecule has 3 N–H and O–H groups in total. The van der Waals surface area contributed by atoms with Crippen molar-refractivity contribution in [1.82, 2.24) is 25.0 Å². The van der Waals surface area contributed by atoms with Crippen molar-refractivity contribution in [2.24, 2.45) is 0 Å². The Morgan fingerprint density at radius 1 is 1.05 bits per heavy atom. The van der Waals surface area contributed by atoms with E-state index >= 15 is 0 Å². The quantitative estimate of drug-likeness (QED) is 0.166. The molecule has 4 fully saturated rings. The summed E-state index contributed by atoms with van der Waals surface area (Å²) in [6.07, 6.45) is -6.05. The van der Waals surface area contributed by atoms with E-state index in [4.69, 9.17) is 22.2 Å². The number of hydrogen-bond acceptors (Lipinski definition) is 11. The molecule has 318 valence electrons. The van der Waals surface area contributed by atoms with Crippen LogP contribution in [0.15, 0.2) is 36.5 Å². The molecule has 3 aliphatic heterocycles. The van der Waals surface area contributed by atoms with Crippen LogP contribution >= 0.6 is 12.2 Å². The van der Waals surface area contributed by atoms with Crippen molar-refractivity contribution < 1.29 is 50.3 Å². The number of carbonyl (C=O) groups excluding carboxylic acids is 4. The van der Waals surface area contributed by atoms with E-state index in [1.807, 2.05) is 0 Å². The Morgan fingerprint density at radius 2 is 1.76 bits per heavy atom. The van der Waals surface area contributed by atoms with E-state index in [2.05, 4.69) is 20.9 Å². The summed E-state index contributed by atoms with van der Waals surface area (Å²) in [6.45, 7) is 3.06. The minimum atomic E-state index is -4.88. The number of ether oxygens (including phenoxy) is 1. The van der Waals surface area contributed by atoms with Gasteiger partial charge in [-0.25, -0.2) is 4.98 Å². The molecule has 1 saturated carbocycles. The predicted octanol–water partition coefficient (Wildman–Crippen LogP) is 4.42. The van der Waals surface area contributed by atoms with Crippen LogP contribution in [0.2, 0.25) is 0 Å². The first-order valence-electron chi connectivity index (χ1n) is 19.1. The number of nitrogens with zero attached hydrogens (tertiary/aromatic N) is 6. The second-order valence-electron chi connectivity index (χ2n) is 15.5. The lowest BCUT2D eigenvalue weighted by Crippen LogP contribution is -2.60. The van der Waals surface area contributed by atoms with Gasteiger partial charge in [0.25, 0.3) is 5.91 Å². The number of benzene rings is 1. The smallest absolute Gasteiger partial charge is 0.377 e. The number of aromatic nitrogens is 1. The summed E-state index contributed by atoms with van der Waals surface area (Å²) >= 11 is 5.65. The van der Waals surface area contributed by atoms with Gasteiger partial charge >= 0.3 is 12.4 Å². The van der Waals surface area contributed by atoms with E-state index in [0.717, 1.165) is 16.0 Å². The maximum Gasteiger partial charge on any atom is 0.419 e. The van der Waals surface area contributed by atoms with Gasteiger partial charge in [-0.1, -0.05) is 6.07 Å². The minimum Gasteiger partial charge on any atom is -0.377 e. The second-order valence-corrected chi connectivity index (χ2v) is 15.8. The molecule has 2 aromatic rings. The predicted molar refractivity (Wildman–Crippen MR) is 205 cm³/mol. The third-order valence-corrected chi connectivity index (χ3v) is 11.4. The Balaban J connectivity index is 0.971. The lowest BCUT2D eigenvalue weighted by Gasteiger charge is -2.42. The summed E-state index contributed by atoms with van der Waals surface area (Å²) in [7, 11) is 0. The highest BCUT2D eigenvalue weighted by Crippen LogP contribution is 2.40. The normalized spacial score (nSPS) is 24.5. The highest BCUT2D eigenvalue weighted by molar-refractivity contribution is 7.80. The van der Waals surface area contributed by atoms with Gasteiger partial charge in [0.05, 0.1) is 36.7 Å². The molecule has 21 heteroatoms. The van der Waals surface area contributed by atoms with E-state index < -0.39 is 65.5 Å². The summed E-state index contributed by atoms with van der Waals surface area (Å²) in [5.41, 5.74) is -2.67. The van der Waals surface area contributed by atoms with Crippen molar-refractivity contribution in [2.75, 3.05) is 54.9 Å². The third kappa shape index (κ3) is 9.94. The molecule has 59 heavy (non-hydrogen) atoms. The maximum absolute atomic E-state index is 14.3. The molecule has 1 aliphatic carbocycles. The molecule has 1 aromatic carbocycles. The standard InChI is InChI=1S/C38H43F6N9O5S/c1-36(2)34(57)52(25-17-27(37(39,40)41)29(18-45)46-19-25)35(59)53(36)24-6-8-26(9-7-24)58-15-14-50-12-13-51(30(20-50)38(42,43)44)21-32(55)48-23-5-3-4-22(16-23)47-28-10-11-31(54)49-33(28)56/h3-5,16-17,19,24,26,28,30,47H,6-15,20-21H2,1-2H3,(H,48,55)(H,49,54,56). The van der Waals surface area contributed by atoms with Gasteiger partial charge in [0.2, 0.25) is 17.7 Å². The molecular formula is C38H43F6N9O5S. The highest BCUT2D eigenvalue weighted by atomic mass is 32.1. The number of amides is 4. The molecule has 2 unspecified atom stereocenters. The van der Waals surface area contributed by atoms with Crippen molar-refractivity contribution in [3.8, 4) is 6.07 Å². The van der Waals surface area contributed by atoms with Gasteiger partial charge in [-0.2, -0.15) is 31.6 Å². The molecule has 0 radical (unpaired) electrons. The fourth-order valence-electron chi connectivity index (χ4n) is 8.03. The van der Waals surface area contributed by atoms with Crippen molar-refractivity contribution in [1.29, 1.82) is 5.26 Å². The zero-order valence-corrected chi connectivity index (χ0v) is 33.0. The number of alkyl halides is 6. The minimum absolute atomic E-state index is 0.0167. The van der Waals surface area contributed by atoms with Crippen LogP contribution in [-0.2, 0) is 30.1 Å². The Bertz CT molecular complexity index is 2000. The molecule has 14 nitrogen and oxygen atoms in total. The van der Waals surface area contributed by atoms with Crippen LogP contribution in [0.4, 0.5) is 43.4 Å². The van der Waals surface area contributed by atoms with Crippen molar-refractivity contribution in [2.45, 2.75) is 94.5 Å². The SMILES string of the molecule is CC1(C)C(=O)N(c2cnc(C#N)c(C(F)(F)F)c2)C(=S)N1C1CCC(OCCN2CCN(CC(=O)Nc3cccc(NC4CCC(=O)NC4=O)c3)C(C(F)(F)F)C2)CC1. The fraction of sp³-hybridized carbons (Fsp3) is 0.553. The van der Waals surface area contributed by atoms with Crippen LogP contribution in [0.3, 0.4) is 0 Å². The fourth-order valence-corrected chi connectivity index (χ4v) is 8.60. The van der Waals surface area contributed by atoms with Crippen LogP contribution in [0.1, 0.15) is 63.6 Å². The zero-order chi connectivity index (χ0) is 42.9. The third-order valence-electron chi connectivity index (χ3n) is 11.1. The summed E-state index contributed by atoms with van der Waals surface area (Å²) in [5, 5.41) is 17.0. The second kappa shape index (κ2) is 17.4. The van der Waals surface area contributed by atoms with Crippen LogP contribution in [0.25, 0.3) is 0 Å². The molecule has 0 bridgehead atoms. The van der Waals surface area contributed by atoms with E-state index in [0.29, 0.717) is 49.5 Å². The molecular weight excluding hydrogens is 809 g/mol. The first kappa shape index (κ1) is 43.7. The molecule has 3 saturated heterocycles. The topological polar surface area (TPSA) is 163 Å². The number of halogens is 6. The molecule has 0 spiro atoms. The number of rotatable bonds is 11. The summed E-state index contributed by atoms with van der Waals surface area (Å²) < 4.78 is 90.0. The summed E-state index contributed by atoms with van der Waals surface area (Å²) in [5.74, 6) is -2.00. The molecule has 4 aliphatic rings. The Hall–Kier alpha value is -4.91. The van der Waals surface area contributed by atoms with Crippen LogP contribution in [0.5, 0.6) is 0 Å². The monoisotopic (exact) mass is 851 g/mol. The van der Waals surface area contributed by atoms with Gasteiger partial charge in [0, 0.05) is 50.0 Å². The Morgan fingerprint density at radius 3 is 2.42 bits per heavy atom. The largest absolute Gasteiger partial charge is 0.419 e. The van der Waals surface area contributed by atoms with E-state index in [9.17, 15) is 45.5 Å². The Kier molecular flexibility index (Phi) is 12.8. The van der Waals surface area contributed by atoms with Gasteiger partial charge in [0.15, 0.2) is 10.8 Å². The van der Waals surface area contributed by atoms with E-state index in [1.54, 1.807) is 47.9 Å². The molecule has 1 aromatic heterocycles. The summed E-state index contributed by atoms with van der Waals surface area (Å²) in [4.78, 5) is 59.2. The van der Waals surface area contributed by atoms with Crippen molar-refractivity contribution in [3.63, 3.8) is 0 Å². The first-order chi connectivity index (χ1) is 27.8. The zero-order valence-electron chi connectivity index (χ0n) is 32.2. The number of nitriles is 1. The Labute approximate surface area is 341 Å². The number of anilines is 3. The van der Waals surface area contributed by atoms with Crippen LogP contribution in [-0.4, -0.2) is 124 Å². The van der Waals surface area contributed by atoms with E-state index in [-0.39, 0.29) is 68.1 Å². The number of hydrogen-bond donors (Lipinski definition) is 3. The van der Waals surface area contributed by atoms with Crippen LogP contribution < -0.4 is 20.9 Å². The first-order valence-corrected chi connectivity index (χ1v) is 19.5. The van der Waals surface area contributed by atoms with Crippen molar-refractivity contribution >= 4 is 58.0 Å². The van der Waals surface area contributed by atoms with Gasteiger partial charge in [-0.3, -0.25) is 39.2 Å². The number of piperazine rings is 1. The van der Waals surface area contributed by atoms with Gasteiger partial charge in [-0.15, -0.1) is 0 Å².